The van der Waals surface area contributed by atoms with E-state index in [1.54, 1.807) is 18.8 Å². The summed E-state index contributed by atoms with van der Waals surface area (Å²) < 4.78 is 0. The van der Waals surface area contributed by atoms with E-state index in [1.165, 1.54) is 5.57 Å². The maximum absolute atomic E-state index is 4.04. The third kappa shape index (κ3) is 1.77. The summed E-state index contributed by atoms with van der Waals surface area (Å²) in [4.78, 5) is 4.04. The molecule has 0 fully saturated rings. The first-order valence-corrected chi connectivity index (χ1v) is 4.39. The molecule has 0 aliphatic carbocycles. The van der Waals surface area contributed by atoms with E-state index in [1.807, 2.05) is 0 Å². The molecule has 2 nitrogen and oxygen atoms in total. The minimum Gasteiger partial charge on any atom is -0.342 e. The van der Waals surface area contributed by atoms with Crippen molar-refractivity contribution in [2.45, 2.75) is 13.3 Å². The van der Waals surface area contributed by atoms with Gasteiger partial charge in [0.1, 0.15) is 0 Å². The number of hydrogen-bond donors (Lipinski definition) is 1. The van der Waals surface area contributed by atoms with Crippen LogP contribution in [0.3, 0.4) is 0 Å². The summed E-state index contributed by atoms with van der Waals surface area (Å²) in [5, 5.41) is 4.15. The van der Waals surface area contributed by atoms with Crippen molar-refractivity contribution in [3.05, 3.63) is 11.8 Å². The zero-order valence-corrected chi connectivity index (χ0v) is 7.16. The number of hydrogen-bond acceptors (Lipinski definition) is 2. The van der Waals surface area contributed by atoms with Gasteiger partial charge in [-0.25, -0.2) is 0 Å². The molecule has 1 heterocycles. The van der Waals surface area contributed by atoms with Crippen LogP contribution in [0.1, 0.15) is 13.3 Å². The van der Waals surface area contributed by atoms with E-state index in [0.29, 0.717) is 0 Å². The van der Waals surface area contributed by atoms with E-state index in [9.17, 15) is 0 Å². The normalized spacial score (nSPS) is 22.2. The fraction of sp³-hybridized carbons (Fsp3) is 0.571. The second kappa shape index (κ2) is 3.66. The molecule has 0 saturated heterocycles. The van der Waals surface area contributed by atoms with Crippen molar-refractivity contribution in [1.29, 1.82) is 0 Å². The minimum atomic E-state index is 1.03. The molecular weight excluding hydrogens is 144 g/mol. The number of amidine groups is 1. The third-order valence-corrected chi connectivity index (χ3v) is 2.54. The van der Waals surface area contributed by atoms with Gasteiger partial charge >= 0.3 is 0 Å². The predicted octanol–water partition coefficient (Wildman–Crippen LogP) is 1.60. The molecule has 0 aromatic rings. The van der Waals surface area contributed by atoms with Gasteiger partial charge in [0.2, 0.25) is 0 Å². The van der Waals surface area contributed by atoms with Gasteiger partial charge in [0.25, 0.3) is 0 Å². The number of nitrogens with one attached hydrogen (secondary N) is 1. The SMILES string of the molecule is CCC1=CNC(=NC)SC1. The Morgan fingerprint density at radius 3 is 3.00 bits per heavy atom. The lowest BCUT2D eigenvalue weighted by Crippen LogP contribution is -2.19. The number of nitrogens with zero attached hydrogens (tertiary/aromatic N) is 1. The van der Waals surface area contributed by atoms with Crippen LogP contribution in [0, 0.1) is 0 Å². The van der Waals surface area contributed by atoms with Crippen LogP contribution in [0.2, 0.25) is 0 Å². The van der Waals surface area contributed by atoms with Crippen molar-refractivity contribution < 1.29 is 0 Å². The number of rotatable bonds is 1. The van der Waals surface area contributed by atoms with E-state index in [0.717, 1.165) is 17.3 Å². The van der Waals surface area contributed by atoms with Crippen molar-refractivity contribution in [3.63, 3.8) is 0 Å². The molecule has 3 heteroatoms. The summed E-state index contributed by atoms with van der Waals surface area (Å²) in [7, 11) is 1.81. The average molecular weight is 156 g/mol. The maximum atomic E-state index is 4.04. The number of thioether (sulfide) groups is 1. The van der Waals surface area contributed by atoms with E-state index >= 15 is 0 Å². The van der Waals surface area contributed by atoms with Gasteiger partial charge in [-0.3, -0.25) is 4.99 Å². The fourth-order valence-electron chi connectivity index (χ4n) is 0.741. The van der Waals surface area contributed by atoms with Gasteiger partial charge in [-0.05, 0) is 12.0 Å². The lowest BCUT2D eigenvalue weighted by atomic mass is 10.2. The van der Waals surface area contributed by atoms with Crippen molar-refractivity contribution in [2.75, 3.05) is 12.8 Å². The highest BCUT2D eigenvalue weighted by molar-refractivity contribution is 8.14. The Morgan fingerprint density at radius 2 is 2.60 bits per heavy atom. The molecule has 0 aromatic carbocycles. The molecular formula is C7H12N2S. The largest absolute Gasteiger partial charge is 0.342 e. The van der Waals surface area contributed by atoms with Crippen LogP contribution in [0.15, 0.2) is 16.8 Å². The molecule has 1 N–H and O–H groups in total. The fourth-order valence-corrected chi connectivity index (χ4v) is 1.62. The van der Waals surface area contributed by atoms with Crippen molar-refractivity contribution >= 4 is 16.9 Å². The first-order valence-electron chi connectivity index (χ1n) is 3.41. The molecule has 0 spiro atoms. The quantitative estimate of drug-likeness (QED) is 0.623. The summed E-state index contributed by atoms with van der Waals surface area (Å²) in [5.41, 5.74) is 1.46. The smallest absolute Gasteiger partial charge is 0.160 e. The molecule has 0 saturated carbocycles. The van der Waals surface area contributed by atoms with Gasteiger partial charge in [-0.1, -0.05) is 18.7 Å². The van der Waals surface area contributed by atoms with E-state index < -0.39 is 0 Å². The van der Waals surface area contributed by atoms with Gasteiger partial charge in [-0.15, -0.1) is 0 Å². The molecule has 0 bridgehead atoms. The molecule has 0 unspecified atom stereocenters. The highest BCUT2D eigenvalue weighted by Crippen LogP contribution is 2.15. The van der Waals surface area contributed by atoms with Crippen LogP contribution < -0.4 is 5.32 Å². The first kappa shape index (κ1) is 7.66. The Morgan fingerprint density at radius 1 is 1.80 bits per heavy atom. The van der Waals surface area contributed by atoms with Crippen LogP contribution in [0.5, 0.6) is 0 Å². The van der Waals surface area contributed by atoms with Crippen molar-refractivity contribution in [2.24, 2.45) is 4.99 Å². The Bertz CT molecular complexity index is 172. The van der Waals surface area contributed by atoms with Crippen LogP contribution in [-0.4, -0.2) is 18.0 Å². The molecule has 0 aromatic heterocycles. The predicted molar refractivity (Wildman–Crippen MR) is 47.3 cm³/mol. The molecule has 1 aliphatic heterocycles. The summed E-state index contributed by atoms with van der Waals surface area (Å²) in [5.74, 6) is 1.09. The first-order chi connectivity index (χ1) is 4.86. The van der Waals surface area contributed by atoms with Crippen molar-refractivity contribution in [3.8, 4) is 0 Å². The summed E-state index contributed by atoms with van der Waals surface area (Å²) >= 11 is 1.77. The summed E-state index contributed by atoms with van der Waals surface area (Å²) in [6.45, 7) is 2.17. The standard InChI is InChI=1S/C7H12N2S/c1-3-6-4-9-7(8-2)10-5-6/h4H,3,5H2,1-2H3,(H,8,9). The second-order valence-electron chi connectivity index (χ2n) is 2.12. The monoisotopic (exact) mass is 156 g/mol. The van der Waals surface area contributed by atoms with Crippen LogP contribution in [0.4, 0.5) is 0 Å². The molecule has 1 rings (SSSR count). The Labute approximate surface area is 65.8 Å². The van der Waals surface area contributed by atoms with Crippen LogP contribution >= 0.6 is 11.8 Å². The highest BCUT2D eigenvalue weighted by Gasteiger charge is 2.05. The minimum absolute atomic E-state index is 1.03. The van der Waals surface area contributed by atoms with Crippen LogP contribution in [0.25, 0.3) is 0 Å². The van der Waals surface area contributed by atoms with E-state index in [4.69, 9.17) is 0 Å². The maximum Gasteiger partial charge on any atom is 0.160 e. The summed E-state index contributed by atoms with van der Waals surface area (Å²) in [6, 6.07) is 0. The number of aliphatic imine (C=N–C) groups is 1. The summed E-state index contributed by atoms with van der Waals surface area (Å²) in [6.07, 6.45) is 3.19. The Hall–Kier alpha value is -0.440. The van der Waals surface area contributed by atoms with E-state index in [-0.39, 0.29) is 0 Å². The zero-order valence-electron chi connectivity index (χ0n) is 6.35. The Kier molecular flexibility index (Phi) is 2.81. The lowest BCUT2D eigenvalue weighted by molar-refractivity contribution is 1.06. The van der Waals surface area contributed by atoms with Gasteiger partial charge in [0, 0.05) is 19.0 Å². The third-order valence-electron chi connectivity index (χ3n) is 1.45. The highest BCUT2D eigenvalue weighted by atomic mass is 32.2. The molecule has 10 heavy (non-hydrogen) atoms. The zero-order chi connectivity index (χ0) is 7.40. The van der Waals surface area contributed by atoms with Gasteiger partial charge < -0.3 is 5.32 Å². The molecule has 1 aliphatic rings. The van der Waals surface area contributed by atoms with Gasteiger partial charge in [0.15, 0.2) is 5.17 Å². The van der Waals surface area contributed by atoms with Gasteiger partial charge in [0.05, 0.1) is 0 Å². The van der Waals surface area contributed by atoms with Crippen LogP contribution in [-0.2, 0) is 0 Å². The van der Waals surface area contributed by atoms with Crippen molar-refractivity contribution in [1.82, 2.24) is 5.32 Å². The second-order valence-corrected chi connectivity index (χ2v) is 3.08. The Balaban J connectivity index is 2.52. The molecule has 0 amide bonds. The van der Waals surface area contributed by atoms with Gasteiger partial charge in [-0.2, -0.15) is 0 Å². The topological polar surface area (TPSA) is 24.4 Å². The molecule has 56 valence electrons. The molecule has 0 atom stereocenters. The van der Waals surface area contributed by atoms with E-state index in [2.05, 4.69) is 23.4 Å². The average Bonchev–Trinajstić information content (AvgIpc) is 2.05. The lowest BCUT2D eigenvalue weighted by Gasteiger charge is -2.13. The molecule has 0 radical (unpaired) electrons.